The molecule has 1 unspecified atom stereocenters. The molecule has 1 amide bonds. The highest BCUT2D eigenvalue weighted by Crippen LogP contribution is 2.33. The number of anilines is 2. The maximum atomic E-state index is 13.5. The maximum absolute atomic E-state index is 13.5. The van der Waals surface area contributed by atoms with Gasteiger partial charge in [0, 0.05) is 18.5 Å². The number of para-hydroxylation sites is 1. The van der Waals surface area contributed by atoms with Gasteiger partial charge in [-0.1, -0.05) is 24.3 Å². The van der Waals surface area contributed by atoms with Gasteiger partial charge in [-0.2, -0.15) is 4.31 Å². The van der Waals surface area contributed by atoms with Crippen LogP contribution in [0.15, 0.2) is 57.4 Å². The van der Waals surface area contributed by atoms with Crippen LogP contribution in [-0.2, 0) is 14.8 Å². The van der Waals surface area contributed by atoms with E-state index in [0.29, 0.717) is 28.7 Å². The van der Waals surface area contributed by atoms with Crippen molar-refractivity contribution in [1.29, 1.82) is 0 Å². The number of aromatic nitrogens is 1. The molecule has 3 heterocycles. The van der Waals surface area contributed by atoms with Crippen molar-refractivity contribution >= 4 is 49.4 Å². The van der Waals surface area contributed by atoms with Crippen molar-refractivity contribution < 1.29 is 13.2 Å². The van der Waals surface area contributed by atoms with Crippen molar-refractivity contribution in [3.8, 4) is 0 Å². The van der Waals surface area contributed by atoms with E-state index < -0.39 is 15.9 Å². The zero-order chi connectivity index (χ0) is 20.4. The predicted octanol–water partition coefficient (Wildman–Crippen LogP) is 4.28. The van der Waals surface area contributed by atoms with Gasteiger partial charge < -0.3 is 0 Å². The highest BCUT2D eigenvalue weighted by Gasteiger charge is 2.36. The Labute approximate surface area is 178 Å². The summed E-state index contributed by atoms with van der Waals surface area (Å²) < 4.78 is 27.6. The van der Waals surface area contributed by atoms with Gasteiger partial charge in [-0.25, -0.2) is 13.4 Å². The van der Waals surface area contributed by atoms with Gasteiger partial charge in [0.25, 0.3) is 10.0 Å². The molecule has 29 heavy (non-hydrogen) atoms. The number of piperidine rings is 1. The number of nitrogens with zero attached hydrogens (tertiary/aromatic N) is 3. The number of carbonyl (C=O) groups is 1. The van der Waals surface area contributed by atoms with E-state index in [1.165, 1.54) is 27.0 Å². The Morgan fingerprint density at radius 1 is 1.17 bits per heavy atom. The van der Waals surface area contributed by atoms with Crippen molar-refractivity contribution in [3.63, 3.8) is 0 Å². The number of aryl methyl sites for hydroxylation is 1. The average Bonchev–Trinajstić information content (AvgIpc) is 3.42. The third-order valence-corrected chi connectivity index (χ3v) is 9.04. The number of carbonyl (C=O) groups excluding carboxylic acids is 1. The molecule has 1 aliphatic rings. The summed E-state index contributed by atoms with van der Waals surface area (Å²) in [5, 5.41) is 4.27. The SMILES string of the molecule is Cc1csc(N(C(=O)C2CCCN(S(=O)(=O)c3cccs3)C2)c2ccccc2)n1. The fourth-order valence-electron chi connectivity index (χ4n) is 3.44. The quantitative estimate of drug-likeness (QED) is 0.585. The average molecular weight is 448 g/mol. The smallest absolute Gasteiger partial charge is 0.252 e. The molecule has 1 fully saturated rings. The van der Waals surface area contributed by atoms with Gasteiger partial charge in [-0.05, 0) is 43.3 Å². The van der Waals surface area contributed by atoms with Crippen molar-refractivity contribution in [3.05, 3.63) is 58.9 Å². The zero-order valence-corrected chi connectivity index (χ0v) is 18.3. The van der Waals surface area contributed by atoms with Crippen LogP contribution in [0.4, 0.5) is 10.8 Å². The number of benzene rings is 1. The fourth-order valence-corrected chi connectivity index (χ4v) is 6.93. The highest BCUT2D eigenvalue weighted by molar-refractivity contribution is 7.91. The third-order valence-electron chi connectivity index (χ3n) is 4.86. The molecule has 1 aliphatic heterocycles. The minimum Gasteiger partial charge on any atom is -0.274 e. The standard InChI is InChI=1S/C20H21N3O3S3/c1-15-14-28-20(21-15)23(17-8-3-2-4-9-17)19(24)16-7-5-11-22(13-16)29(25,26)18-10-6-12-27-18/h2-4,6,8-10,12,14,16H,5,7,11,13H2,1H3. The van der Waals surface area contributed by atoms with E-state index in [1.807, 2.05) is 42.6 Å². The fraction of sp³-hybridized carbons (Fsp3) is 0.300. The first-order valence-electron chi connectivity index (χ1n) is 9.31. The molecule has 0 spiro atoms. The predicted molar refractivity (Wildman–Crippen MR) is 116 cm³/mol. The van der Waals surface area contributed by atoms with Crippen molar-refractivity contribution in [2.45, 2.75) is 24.0 Å². The summed E-state index contributed by atoms with van der Waals surface area (Å²) in [5.74, 6) is -0.528. The van der Waals surface area contributed by atoms with Crippen LogP contribution >= 0.6 is 22.7 Å². The Morgan fingerprint density at radius 3 is 2.62 bits per heavy atom. The van der Waals surface area contributed by atoms with Gasteiger partial charge in [0.15, 0.2) is 5.13 Å². The van der Waals surface area contributed by atoms with Gasteiger partial charge in [0.2, 0.25) is 5.91 Å². The van der Waals surface area contributed by atoms with Gasteiger partial charge in [-0.3, -0.25) is 9.69 Å². The van der Waals surface area contributed by atoms with Crippen molar-refractivity contribution in [2.75, 3.05) is 18.0 Å². The Kier molecular flexibility index (Phi) is 5.82. The molecular formula is C20H21N3O3S3. The van der Waals surface area contributed by atoms with Crippen molar-refractivity contribution in [1.82, 2.24) is 9.29 Å². The van der Waals surface area contributed by atoms with E-state index in [4.69, 9.17) is 0 Å². The lowest BCUT2D eigenvalue weighted by molar-refractivity contribution is -0.122. The van der Waals surface area contributed by atoms with Gasteiger partial charge in [0.05, 0.1) is 17.3 Å². The zero-order valence-electron chi connectivity index (χ0n) is 15.9. The number of amides is 1. The molecule has 3 aromatic rings. The second-order valence-electron chi connectivity index (χ2n) is 6.91. The summed E-state index contributed by atoms with van der Waals surface area (Å²) in [4.78, 5) is 19.7. The molecule has 1 aromatic carbocycles. The van der Waals surface area contributed by atoms with E-state index >= 15 is 0 Å². The molecule has 9 heteroatoms. The van der Waals surface area contributed by atoms with E-state index in [2.05, 4.69) is 4.98 Å². The molecule has 0 saturated carbocycles. The molecule has 0 radical (unpaired) electrons. The minimum absolute atomic E-state index is 0.114. The lowest BCUT2D eigenvalue weighted by Crippen LogP contribution is -2.45. The Bertz CT molecular complexity index is 1080. The third kappa shape index (κ3) is 4.13. The Balaban J connectivity index is 1.62. The molecule has 0 aliphatic carbocycles. The summed E-state index contributed by atoms with van der Waals surface area (Å²) in [5.41, 5.74) is 1.59. The molecule has 0 N–H and O–H groups in total. The van der Waals surface area contributed by atoms with Crippen LogP contribution in [0.2, 0.25) is 0 Å². The normalized spacial score (nSPS) is 17.9. The molecule has 6 nitrogen and oxygen atoms in total. The molecule has 152 valence electrons. The monoisotopic (exact) mass is 447 g/mol. The summed E-state index contributed by atoms with van der Waals surface area (Å²) in [6, 6.07) is 12.7. The van der Waals surface area contributed by atoms with Crippen LogP contribution in [-0.4, -0.2) is 36.7 Å². The number of thiazole rings is 1. The largest absolute Gasteiger partial charge is 0.274 e. The van der Waals surface area contributed by atoms with Crippen molar-refractivity contribution in [2.24, 2.45) is 5.92 Å². The maximum Gasteiger partial charge on any atom is 0.252 e. The molecule has 1 saturated heterocycles. The van der Waals surface area contributed by atoms with E-state index in [1.54, 1.807) is 22.4 Å². The summed E-state index contributed by atoms with van der Waals surface area (Å²) in [6.45, 7) is 2.52. The highest BCUT2D eigenvalue weighted by atomic mass is 32.2. The number of thiophene rings is 1. The first-order valence-corrected chi connectivity index (χ1v) is 12.5. The number of rotatable bonds is 5. The molecule has 4 rings (SSSR count). The van der Waals surface area contributed by atoms with Crippen LogP contribution in [0.25, 0.3) is 0 Å². The van der Waals surface area contributed by atoms with Crippen LogP contribution in [0.5, 0.6) is 0 Å². The first-order chi connectivity index (χ1) is 14.0. The summed E-state index contributed by atoms with van der Waals surface area (Å²) in [7, 11) is -3.57. The molecule has 1 atom stereocenters. The first kappa shape index (κ1) is 20.2. The van der Waals surface area contributed by atoms with Crippen LogP contribution in [0, 0.1) is 12.8 Å². The van der Waals surface area contributed by atoms with E-state index in [-0.39, 0.29) is 12.5 Å². The van der Waals surface area contributed by atoms with Crippen LogP contribution < -0.4 is 4.90 Å². The number of sulfonamides is 1. The minimum atomic E-state index is -3.57. The summed E-state index contributed by atoms with van der Waals surface area (Å²) in [6.07, 6.45) is 1.31. The van der Waals surface area contributed by atoms with E-state index in [0.717, 1.165) is 11.4 Å². The van der Waals surface area contributed by atoms with Gasteiger partial charge in [-0.15, -0.1) is 22.7 Å². The van der Waals surface area contributed by atoms with Crippen LogP contribution in [0.3, 0.4) is 0 Å². The van der Waals surface area contributed by atoms with Gasteiger partial charge in [0.1, 0.15) is 4.21 Å². The second kappa shape index (κ2) is 8.35. The number of hydrogen-bond donors (Lipinski definition) is 0. The molecular weight excluding hydrogens is 426 g/mol. The molecule has 0 bridgehead atoms. The number of hydrogen-bond acceptors (Lipinski definition) is 6. The lowest BCUT2D eigenvalue weighted by atomic mass is 9.98. The van der Waals surface area contributed by atoms with Crippen LogP contribution in [0.1, 0.15) is 18.5 Å². The topological polar surface area (TPSA) is 70.6 Å². The lowest BCUT2D eigenvalue weighted by Gasteiger charge is -2.33. The Morgan fingerprint density at radius 2 is 1.97 bits per heavy atom. The van der Waals surface area contributed by atoms with Gasteiger partial charge >= 0.3 is 0 Å². The second-order valence-corrected chi connectivity index (χ2v) is 10.9. The molecule has 2 aromatic heterocycles. The van der Waals surface area contributed by atoms with E-state index in [9.17, 15) is 13.2 Å². The Hall–Kier alpha value is -2.07. The summed E-state index contributed by atoms with van der Waals surface area (Å²) >= 11 is 2.62.